The first-order valence-electron chi connectivity index (χ1n) is 10.5. The Bertz CT molecular complexity index is 722. The van der Waals surface area contributed by atoms with Gasteiger partial charge in [-0.3, -0.25) is 9.59 Å². The molecule has 0 atom stereocenters. The number of nitrogens with one attached hydrogen (secondary N) is 1. The Morgan fingerprint density at radius 2 is 1.75 bits per heavy atom. The molecule has 1 aromatic rings. The molecule has 5 nitrogen and oxygen atoms in total. The molecule has 4 fully saturated rings. The molecule has 0 heterocycles. The lowest BCUT2D eigenvalue weighted by Gasteiger charge is -2.56. The van der Waals surface area contributed by atoms with E-state index in [1.54, 1.807) is 7.11 Å². The monoisotopic (exact) mass is 385 g/mol. The Kier molecular flexibility index (Phi) is 5.35. The van der Waals surface area contributed by atoms with Crippen molar-refractivity contribution in [3.8, 4) is 5.75 Å². The first-order valence-corrected chi connectivity index (χ1v) is 10.5. The number of amides is 1. The largest absolute Gasteiger partial charge is 0.496 e. The average molecular weight is 386 g/mol. The van der Waals surface area contributed by atoms with Crippen LogP contribution in [0, 0.1) is 30.1 Å². The summed E-state index contributed by atoms with van der Waals surface area (Å²) in [6.45, 7) is 2.49. The number of hydrogen-bond acceptors (Lipinski definition) is 4. The number of carbonyl (C=O) groups excluding carboxylic acids is 2. The normalized spacial score (nSPS) is 30.1. The highest BCUT2D eigenvalue weighted by molar-refractivity contribution is 5.81. The van der Waals surface area contributed by atoms with Gasteiger partial charge in [0.25, 0.3) is 5.91 Å². The molecule has 0 radical (unpaired) electrons. The van der Waals surface area contributed by atoms with Crippen LogP contribution in [0.5, 0.6) is 5.75 Å². The van der Waals surface area contributed by atoms with Gasteiger partial charge in [-0.15, -0.1) is 0 Å². The zero-order chi connectivity index (χ0) is 19.7. The zero-order valence-corrected chi connectivity index (χ0v) is 17.0. The molecular formula is C23H31NO4. The summed E-state index contributed by atoms with van der Waals surface area (Å²) in [6.07, 6.45) is 8.06. The van der Waals surface area contributed by atoms with Crippen LogP contribution in [-0.2, 0) is 20.7 Å². The van der Waals surface area contributed by atoms with Crippen molar-refractivity contribution in [1.29, 1.82) is 0 Å². The third kappa shape index (κ3) is 4.18. The number of methoxy groups -OCH3 is 1. The van der Waals surface area contributed by atoms with E-state index in [-0.39, 0.29) is 18.9 Å². The van der Waals surface area contributed by atoms with E-state index in [0.717, 1.165) is 35.4 Å². The Balaban J connectivity index is 1.24. The highest BCUT2D eigenvalue weighted by Gasteiger charge is 2.50. The number of carbonyl (C=O) groups is 2. The first-order chi connectivity index (χ1) is 13.4. The van der Waals surface area contributed by atoms with Crippen LogP contribution in [0.4, 0.5) is 0 Å². The standard InChI is InChI=1S/C23H31NO4/c1-15-3-4-20(27-2)19(5-15)9-22(26)28-13-21(25)24-14-23-10-16-6-17(11-23)8-18(7-16)12-23/h3-5,16-18H,6-14H2,1-2H3,(H,24,25). The lowest BCUT2D eigenvalue weighted by molar-refractivity contribution is -0.148. The Hall–Kier alpha value is -2.04. The van der Waals surface area contributed by atoms with E-state index in [1.165, 1.54) is 38.5 Å². The number of rotatable bonds is 7. The minimum atomic E-state index is -0.408. The molecule has 0 spiro atoms. The van der Waals surface area contributed by atoms with Crippen molar-refractivity contribution >= 4 is 11.9 Å². The van der Waals surface area contributed by atoms with Crippen LogP contribution in [0.2, 0.25) is 0 Å². The summed E-state index contributed by atoms with van der Waals surface area (Å²) in [7, 11) is 1.58. The van der Waals surface area contributed by atoms with Gasteiger partial charge in [-0.1, -0.05) is 17.7 Å². The highest BCUT2D eigenvalue weighted by atomic mass is 16.5. The number of hydrogen-bond donors (Lipinski definition) is 1. The third-order valence-electron chi connectivity index (χ3n) is 6.96. The van der Waals surface area contributed by atoms with Gasteiger partial charge in [0.05, 0.1) is 13.5 Å². The lowest BCUT2D eigenvalue weighted by atomic mass is 9.49. The van der Waals surface area contributed by atoms with E-state index in [9.17, 15) is 9.59 Å². The fourth-order valence-electron chi connectivity index (χ4n) is 6.24. The second kappa shape index (κ2) is 7.76. The molecule has 0 unspecified atom stereocenters. The topological polar surface area (TPSA) is 64.6 Å². The Morgan fingerprint density at radius 3 is 2.36 bits per heavy atom. The van der Waals surface area contributed by atoms with E-state index < -0.39 is 5.97 Å². The van der Waals surface area contributed by atoms with Gasteiger partial charge >= 0.3 is 5.97 Å². The fourth-order valence-corrected chi connectivity index (χ4v) is 6.24. The predicted molar refractivity (Wildman–Crippen MR) is 106 cm³/mol. The van der Waals surface area contributed by atoms with E-state index in [4.69, 9.17) is 9.47 Å². The van der Waals surface area contributed by atoms with Gasteiger partial charge < -0.3 is 14.8 Å². The van der Waals surface area contributed by atoms with Gasteiger partial charge in [0.2, 0.25) is 0 Å². The van der Waals surface area contributed by atoms with E-state index in [2.05, 4.69) is 5.32 Å². The van der Waals surface area contributed by atoms with Crippen LogP contribution in [0.3, 0.4) is 0 Å². The number of ether oxygens (including phenoxy) is 2. The molecule has 152 valence electrons. The maximum atomic E-state index is 12.3. The predicted octanol–water partition coefficient (Wildman–Crippen LogP) is 3.42. The van der Waals surface area contributed by atoms with Crippen LogP contribution in [0.1, 0.15) is 49.7 Å². The summed E-state index contributed by atoms with van der Waals surface area (Å²) in [4.78, 5) is 24.4. The quantitative estimate of drug-likeness (QED) is 0.731. The molecule has 1 amide bonds. The summed E-state index contributed by atoms with van der Waals surface area (Å²) in [6, 6.07) is 5.69. The second-order valence-electron chi connectivity index (χ2n) is 9.35. The molecule has 4 aliphatic rings. The maximum Gasteiger partial charge on any atom is 0.310 e. The van der Waals surface area contributed by atoms with Gasteiger partial charge in [-0.05, 0) is 74.7 Å². The van der Waals surface area contributed by atoms with Gasteiger partial charge in [0.1, 0.15) is 5.75 Å². The van der Waals surface area contributed by atoms with Crippen LogP contribution >= 0.6 is 0 Å². The summed E-state index contributed by atoms with van der Waals surface area (Å²) in [5.41, 5.74) is 2.13. The van der Waals surface area contributed by atoms with E-state index in [0.29, 0.717) is 11.2 Å². The molecule has 0 aliphatic heterocycles. The Labute approximate surface area is 167 Å². The Morgan fingerprint density at radius 1 is 1.11 bits per heavy atom. The van der Waals surface area contributed by atoms with Crippen molar-refractivity contribution in [1.82, 2.24) is 5.32 Å². The maximum absolute atomic E-state index is 12.3. The summed E-state index contributed by atoms with van der Waals surface area (Å²) >= 11 is 0. The molecule has 0 saturated heterocycles. The van der Waals surface area contributed by atoms with Crippen LogP contribution in [0.25, 0.3) is 0 Å². The fraction of sp³-hybridized carbons (Fsp3) is 0.652. The van der Waals surface area contributed by atoms with Crippen LogP contribution in [0.15, 0.2) is 18.2 Å². The van der Waals surface area contributed by atoms with E-state index in [1.807, 2.05) is 25.1 Å². The van der Waals surface area contributed by atoms with Crippen molar-refractivity contribution in [2.45, 2.75) is 51.9 Å². The second-order valence-corrected chi connectivity index (χ2v) is 9.35. The number of aryl methyl sites for hydroxylation is 1. The average Bonchev–Trinajstić information content (AvgIpc) is 2.64. The van der Waals surface area contributed by atoms with Gasteiger partial charge in [0, 0.05) is 12.1 Å². The molecule has 0 aromatic heterocycles. The smallest absolute Gasteiger partial charge is 0.310 e. The van der Waals surface area contributed by atoms with Crippen molar-refractivity contribution < 1.29 is 19.1 Å². The molecule has 4 bridgehead atoms. The molecule has 5 rings (SSSR count). The zero-order valence-electron chi connectivity index (χ0n) is 17.0. The van der Waals surface area contributed by atoms with Crippen LogP contribution in [-0.4, -0.2) is 32.1 Å². The summed E-state index contributed by atoms with van der Waals surface area (Å²) < 4.78 is 10.5. The molecule has 1 N–H and O–H groups in total. The summed E-state index contributed by atoms with van der Waals surface area (Å²) in [5.74, 6) is 2.66. The van der Waals surface area contributed by atoms with Crippen molar-refractivity contribution in [3.05, 3.63) is 29.3 Å². The minimum absolute atomic E-state index is 0.104. The molecule has 28 heavy (non-hydrogen) atoms. The minimum Gasteiger partial charge on any atom is -0.496 e. The highest BCUT2D eigenvalue weighted by Crippen LogP contribution is 2.59. The van der Waals surface area contributed by atoms with Crippen LogP contribution < -0.4 is 10.1 Å². The third-order valence-corrected chi connectivity index (χ3v) is 6.96. The molecule has 5 heteroatoms. The molecule has 4 aliphatic carbocycles. The van der Waals surface area contributed by atoms with Crippen molar-refractivity contribution in [2.75, 3.05) is 20.3 Å². The SMILES string of the molecule is COc1ccc(C)cc1CC(=O)OCC(=O)NCC12CC3CC(CC(C3)C1)C2. The number of esters is 1. The molecule has 1 aromatic carbocycles. The summed E-state index contributed by atoms with van der Waals surface area (Å²) in [5, 5.41) is 3.05. The number of benzene rings is 1. The van der Waals surface area contributed by atoms with Gasteiger partial charge in [0.15, 0.2) is 6.61 Å². The molecule has 4 saturated carbocycles. The molecular weight excluding hydrogens is 354 g/mol. The van der Waals surface area contributed by atoms with Gasteiger partial charge in [-0.2, -0.15) is 0 Å². The van der Waals surface area contributed by atoms with Crippen molar-refractivity contribution in [2.24, 2.45) is 23.2 Å². The lowest BCUT2D eigenvalue weighted by Crippen LogP contribution is -2.51. The first kappa shape index (κ1) is 19.3. The van der Waals surface area contributed by atoms with Gasteiger partial charge in [-0.25, -0.2) is 0 Å². The van der Waals surface area contributed by atoms with E-state index >= 15 is 0 Å². The van der Waals surface area contributed by atoms with Crippen molar-refractivity contribution in [3.63, 3.8) is 0 Å².